The first-order chi connectivity index (χ1) is 7.27. The smallest absolute Gasteiger partial charge is 0.178 e. The van der Waals surface area contributed by atoms with E-state index in [2.05, 4.69) is 4.98 Å². The number of hydrogen-bond acceptors (Lipinski definition) is 3. The van der Waals surface area contributed by atoms with Crippen molar-refractivity contribution in [1.82, 2.24) is 4.98 Å². The highest BCUT2D eigenvalue weighted by Gasteiger charge is 2.11. The predicted octanol–water partition coefficient (Wildman–Crippen LogP) is 2.88. The molecule has 3 heteroatoms. The fraction of sp³-hybridized carbons (Fsp3) is 0.167. The number of carbonyl (C=O) groups is 1. The minimum Gasteiger partial charge on any atom is -0.293 e. The molecule has 0 fully saturated rings. The molecule has 0 radical (unpaired) electrons. The molecule has 0 bridgehead atoms. The van der Waals surface area contributed by atoms with Crippen LogP contribution in [0.1, 0.15) is 20.9 Å². The number of pyridine rings is 1. The van der Waals surface area contributed by atoms with Gasteiger partial charge in [-0.3, -0.25) is 9.78 Å². The lowest BCUT2D eigenvalue weighted by Crippen LogP contribution is -2.03. The van der Waals surface area contributed by atoms with Crippen LogP contribution in [0, 0.1) is 6.92 Å². The Balaban J connectivity index is 2.15. The van der Waals surface area contributed by atoms with E-state index in [4.69, 9.17) is 0 Å². The highest BCUT2D eigenvalue weighted by Crippen LogP contribution is 2.17. The Morgan fingerprint density at radius 1 is 1.40 bits per heavy atom. The van der Waals surface area contributed by atoms with Gasteiger partial charge in [0.05, 0.1) is 11.3 Å². The van der Waals surface area contributed by atoms with Crippen molar-refractivity contribution in [3.63, 3.8) is 0 Å². The second-order valence-electron chi connectivity index (χ2n) is 3.35. The van der Waals surface area contributed by atoms with Crippen molar-refractivity contribution in [3.05, 3.63) is 52.0 Å². The first-order valence-electron chi connectivity index (χ1n) is 4.74. The summed E-state index contributed by atoms with van der Waals surface area (Å²) in [6.45, 7) is 1.96. The summed E-state index contributed by atoms with van der Waals surface area (Å²) < 4.78 is 0. The van der Waals surface area contributed by atoms with Crippen molar-refractivity contribution in [1.29, 1.82) is 0 Å². The molecular weight excluding hydrogens is 206 g/mol. The maximum absolute atomic E-state index is 11.9. The lowest BCUT2D eigenvalue weighted by Gasteiger charge is -1.99. The maximum atomic E-state index is 11.9. The second kappa shape index (κ2) is 4.36. The van der Waals surface area contributed by atoms with Crippen LogP contribution in [-0.2, 0) is 6.42 Å². The van der Waals surface area contributed by atoms with E-state index in [1.54, 1.807) is 6.20 Å². The summed E-state index contributed by atoms with van der Waals surface area (Å²) in [4.78, 5) is 16.9. The summed E-state index contributed by atoms with van der Waals surface area (Å²) in [6.07, 6.45) is 2.10. The first-order valence-corrected chi connectivity index (χ1v) is 5.62. The minimum atomic E-state index is 0.154. The number of carbonyl (C=O) groups excluding carboxylic acids is 1. The van der Waals surface area contributed by atoms with Crippen LogP contribution in [0.25, 0.3) is 0 Å². The molecule has 15 heavy (non-hydrogen) atoms. The van der Waals surface area contributed by atoms with Gasteiger partial charge in [0.1, 0.15) is 0 Å². The topological polar surface area (TPSA) is 30.0 Å². The van der Waals surface area contributed by atoms with E-state index in [9.17, 15) is 4.79 Å². The van der Waals surface area contributed by atoms with Gasteiger partial charge < -0.3 is 0 Å². The molecule has 0 amide bonds. The maximum Gasteiger partial charge on any atom is 0.178 e. The summed E-state index contributed by atoms with van der Waals surface area (Å²) >= 11 is 1.50. The van der Waals surface area contributed by atoms with E-state index in [-0.39, 0.29) is 5.78 Å². The number of aryl methyl sites for hydroxylation is 1. The third-order valence-corrected chi connectivity index (χ3v) is 3.24. The van der Waals surface area contributed by atoms with Gasteiger partial charge in [0, 0.05) is 11.9 Å². The van der Waals surface area contributed by atoms with Crippen LogP contribution >= 0.6 is 11.3 Å². The van der Waals surface area contributed by atoms with Gasteiger partial charge in [-0.2, -0.15) is 0 Å². The van der Waals surface area contributed by atoms with Crippen LogP contribution in [-0.4, -0.2) is 10.8 Å². The molecule has 2 heterocycles. The Morgan fingerprint density at radius 3 is 2.87 bits per heavy atom. The molecule has 2 aromatic rings. The van der Waals surface area contributed by atoms with Crippen LogP contribution in [0.4, 0.5) is 0 Å². The Hall–Kier alpha value is -1.48. The van der Waals surface area contributed by atoms with Gasteiger partial charge in [0.25, 0.3) is 0 Å². The SMILES string of the molecule is Cc1ccsc1C(=O)Cc1ccccn1. The van der Waals surface area contributed by atoms with E-state index in [0.717, 1.165) is 16.1 Å². The van der Waals surface area contributed by atoms with E-state index in [0.29, 0.717) is 6.42 Å². The molecule has 2 nitrogen and oxygen atoms in total. The van der Waals surface area contributed by atoms with Gasteiger partial charge >= 0.3 is 0 Å². The van der Waals surface area contributed by atoms with Crippen molar-refractivity contribution in [2.75, 3.05) is 0 Å². The molecule has 0 aliphatic heterocycles. The monoisotopic (exact) mass is 217 g/mol. The van der Waals surface area contributed by atoms with E-state index < -0.39 is 0 Å². The van der Waals surface area contributed by atoms with Crippen molar-refractivity contribution >= 4 is 17.1 Å². The van der Waals surface area contributed by atoms with E-state index >= 15 is 0 Å². The summed E-state index contributed by atoms with van der Waals surface area (Å²) in [6, 6.07) is 7.60. The Kier molecular flexibility index (Phi) is 2.92. The molecule has 0 saturated heterocycles. The average molecular weight is 217 g/mol. The highest BCUT2D eigenvalue weighted by atomic mass is 32.1. The summed E-state index contributed by atoms with van der Waals surface area (Å²) in [7, 11) is 0. The molecule has 0 atom stereocenters. The normalized spacial score (nSPS) is 10.2. The fourth-order valence-corrected chi connectivity index (χ4v) is 2.27. The molecule has 0 unspecified atom stereocenters. The number of ketones is 1. The van der Waals surface area contributed by atoms with Crippen molar-refractivity contribution < 1.29 is 4.79 Å². The van der Waals surface area contributed by atoms with E-state index in [1.807, 2.05) is 36.6 Å². The van der Waals surface area contributed by atoms with Crippen LogP contribution in [0.5, 0.6) is 0 Å². The number of aromatic nitrogens is 1. The molecule has 2 aromatic heterocycles. The predicted molar refractivity (Wildman–Crippen MR) is 61.3 cm³/mol. The second-order valence-corrected chi connectivity index (χ2v) is 4.27. The van der Waals surface area contributed by atoms with Gasteiger partial charge in [-0.1, -0.05) is 6.07 Å². The lowest BCUT2D eigenvalue weighted by molar-refractivity contribution is 0.0995. The Morgan fingerprint density at radius 2 is 2.27 bits per heavy atom. The van der Waals surface area contributed by atoms with Crippen molar-refractivity contribution in [2.45, 2.75) is 13.3 Å². The summed E-state index contributed by atoms with van der Waals surface area (Å²) in [5, 5.41) is 1.95. The van der Waals surface area contributed by atoms with Crippen molar-refractivity contribution in [3.8, 4) is 0 Å². The molecule has 0 N–H and O–H groups in total. The zero-order chi connectivity index (χ0) is 10.7. The molecule has 0 aromatic carbocycles. The molecular formula is C12H11NOS. The molecule has 2 rings (SSSR count). The molecule has 0 saturated carbocycles. The number of hydrogen-bond donors (Lipinski definition) is 0. The van der Waals surface area contributed by atoms with E-state index in [1.165, 1.54) is 11.3 Å². The number of thiophene rings is 1. The molecule has 76 valence electrons. The van der Waals surface area contributed by atoms with Gasteiger partial charge in [0.15, 0.2) is 5.78 Å². The van der Waals surface area contributed by atoms with Crippen LogP contribution in [0.3, 0.4) is 0 Å². The number of rotatable bonds is 3. The third kappa shape index (κ3) is 2.30. The van der Waals surface area contributed by atoms with Crippen LogP contribution in [0.2, 0.25) is 0 Å². The van der Waals surface area contributed by atoms with Gasteiger partial charge in [-0.25, -0.2) is 0 Å². The summed E-state index contributed by atoms with van der Waals surface area (Å²) in [5.41, 5.74) is 1.89. The number of Topliss-reactive ketones (excluding diaryl/α,β-unsaturated/α-hetero) is 1. The lowest BCUT2D eigenvalue weighted by atomic mass is 10.1. The molecule has 0 aliphatic rings. The minimum absolute atomic E-state index is 0.154. The zero-order valence-electron chi connectivity index (χ0n) is 8.43. The molecule has 0 spiro atoms. The first kappa shape index (κ1) is 10.1. The summed E-state index contributed by atoms with van der Waals surface area (Å²) in [5.74, 6) is 0.154. The standard InChI is InChI=1S/C12H11NOS/c1-9-5-7-15-12(9)11(14)8-10-4-2-3-6-13-10/h2-7H,8H2,1H3. The van der Waals surface area contributed by atoms with Gasteiger partial charge in [0.2, 0.25) is 0 Å². The third-order valence-electron chi connectivity index (χ3n) is 2.18. The fourth-order valence-electron chi connectivity index (χ4n) is 1.41. The largest absolute Gasteiger partial charge is 0.293 e. The highest BCUT2D eigenvalue weighted by molar-refractivity contribution is 7.12. The quantitative estimate of drug-likeness (QED) is 0.740. The zero-order valence-corrected chi connectivity index (χ0v) is 9.25. The van der Waals surface area contributed by atoms with Gasteiger partial charge in [-0.05, 0) is 36.1 Å². The van der Waals surface area contributed by atoms with Crippen molar-refractivity contribution in [2.24, 2.45) is 0 Å². The van der Waals surface area contributed by atoms with Crippen LogP contribution < -0.4 is 0 Å². The Bertz CT molecular complexity index is 461. The van der Waals surface area contributed by atoms with Gasteiger partial charge in [-0.15, -0.1) is 11.3 Å². The van der Waals surface area contributed by atoms with Crippen LogP contribution in [0.15, 0.2) is 35.8 Å². The Labute approximate surface area is 92.6 Å². The number of nitrogens with zero attached hydrogens (tertiary/aromatic N) is 1. The average Bonchev–Trinajstić information content (AvgIpc) is 2.66. The molecule has 0 aliphatic carbocycles.